The highest BCUT2D eigenvalue weighted by atomic mass is 79.9. The molecule has 0 nitrogen and oxygen atoms in total. The lowest BCUT2D eigenvalue weighted by atomic mass is 10.0. The van der Waals surface area contributed by atoms with Crippen molar-refractivity contribution in [1.29, 1.82) is 0 Å². The molecular formula is C15H8Br3ClS. The van der Waals surface area contributed by atoms with E-state index in [1.54, 1.807) is 11.3 Å². The Labute approximate surface area is 151 Å². The lowest BCUT2D eigenvalue weighted by Gasteiger charge is -2.11. The number of alkyl halides is 1. The molecule has 20 heavy (non-hydrogen) atoms. The fourth-order valence-electron chi connectivity index (χ4n) is 2.14. The van der Waals surface area contributed by atoms with Gasteiger partial charge in [-0.05, 0) is 62.1 Å². The Morgan fingerprint density at radius 2 is 1.90 bits per heavy atom. The van der Waals surface area contributed by atoms with Gasteiger partial charge in [-0.25, -0.2) is 0 Å². The molecule has 1 unspecified atom stereocenters. The van der Waals surface area contributed by atoms with Crippen molar-refractivity contribution in [3.8, 4) is 0 Å². The topological polar surface area (TPSA) is 0 Å². The minimum Gasteiger partial charge on any atom is -0.142 e. The molecule has 1 atom stereocenters. The van der Waals surface area contributed by atoms with Gasteiger partial charge in [0.05, 0.1) is 4.83 Å². The highest BCUT2D eigenvalue weighted by molar-refractivity contribution is 9.11. The second kappa shape index (κ2) is 6.09. The molecule has 0 aliphatic heterocycles. The van der Waals surface area contributed by atoms with Crippen molar-refractivity contribution in [2.75, 3.05) is 0 Å². The molecule has 1 heterocycles. The van der Waals surface area contributed by atoms with E-state index in [2.05, 4.69) is 77.4 Å². The third-order valence-corrected chi connectivity index (χ3v) is 6.70. The molecule has 5 heteroatoms. The lowest BCUT2D eigenvalue weighted by molar-refractivity contribution is 1.20. The average Bonchev–Trinajstić information content (AvgIpc) is 2.82. The van der Waals surface area contributed by atoms with E-state index in [1.165, 1.54) is 15.6 Å². The molecule has 0 spiro atoms. The van der Waals surface area contributed by atoms with Gasteiger partial charge in [-0.3, -0.25) is 0 Å². The van der Waals surface area contributed by atoms with Crippen molar-refractivity contribution in [3.05, 3.63) is 66.9 Å². The molecule has 0 amide bonds. The molecule has 0 radical (unpaired) electrons. The van der Waals surface area contributed by atoms with Crippen molar-refractivity contribution >= 4 is 80.8 Å². The summed E-state index contributed by atoms with van der Waals surface area (Å²) in [6, 6.07) is 12.3. The standard InChI is InChI=1S/C15H8Br3ClS/c16-9-4-8(5-10(19)6-9)14(18)12-7-20-15-11(12)2-1-3-13(15)17/h1-7,14H. The number of benzene rings is 2. The number of hydrogen-bond donors (Lipinski definition) is 0. The van der Waals surface area contributed by atoms with Gasteiger partial charge >= 0.3 is 0 Å². The maximum atomic E-state index is 6.14. The summed E-state index contributed by atoms with van der Waals surface area (Å²) < 4.78 is 3.40. The first-order valence-electron chi connectivity index (χ1n) is 5.82. The fourth-order valence-corrected chi connectivity index (χ4v) is 5.49. The summed E-state index contributed by atoms with van der Waals surface area (Å²) in [6.45, 7) is 0. The zero-order valence-corrected chi connectivity index (χ0v) is 16.4. The van der Waals surface area contributed by atoms with Gasteiger partial charge in [0.1, 0.15) is 0 Å². The first kappa shape index (κ1) is 15.0. The van der Waals surface area contributed by atoms with Gasteiger partial charge in [-0.2, -0.15) is 0 Å². The van der Waals surface area contributed by atoms with Gasteiger partial charge in [-0.1, -0.05) is 55.6 Å². The van der Waals surface area contributed by atoms with Crippen molar-refractivity contribution in [2.45, 2.75) is 4.83 Å². The summed E-state index contributed by atoms with van der Waals surface area (Å²) >= 11 is 18.8. The molecule has 0 aliphatic rings. The molecule has 0 saturated carbocycles. The molecule has 0 saturated heterocycles. The molecule has 0 aliphatic carbocycles. The van der Waals surface area contributed by atoms with Crippen molar-refractivity contribution in [2.24, 2.45) is 0 Å². The Morgan fingerprint density at radius 1 is 1.10 bits per heavy atom. The van der Waals surface area contributed by atoms with Crippen LogP contribution >= 0.6 is 70.7 Å². The van der Waals surface area contributed by atoms with Gasteiger partial charge in [0, 0.05) is 18.7 Å². The number of fused-ring (bicyclic) bond motifs is 1. The smallest absolute Gasteiger partial charge is 0.0659 e. The van der Waals surface area contributed by atoms with E-state index in [0.29, 0.717) is 0 Å². The quantitative estimate of drug-likeness (QED) is 0.322. The van der Waals surface area contributed by atoms with Crippen LogP contribution in [0.5, 0.6) is 0 Å². The third kappa shape index (κ3) is 2.86. The predicted octanol–water partition coefficient (Wildman–Crippen LogP) is 7.56. The van der Waals surface area contributed by atoms with Gasteiger partial charge in [0.2, 0.25) is 0 Å². The second-order valence-electron chi connectivity index (χ2n) is 4.37. The van der Waals surface area contributed by atoms with Gasteiger partial charge in [-0.15, -0.1) is 11.3 Å². The number of rotatable bonds is 2. The predicted molar refractivity (Wildman–Crippen MR) is 99.4 cm³/mol. The molecular weight excluding hydrogens is 487 g/mol. The highest BCUT2D eigenvalue weighted by Crippen LogP contribution is 2.41. The molecule has 1 aromatic heterocycles. The Kier molecular flexibility index (Phi) is 4.58. The minimum atomic E-state index is 0.126. The van der Waals surface area contributed by atoms with Crippen molar-refractivity contribution in [1.82, 2.24) is 0 Å². The first-order valence-corrected chi connectivity index (χ1v) is 9.58. The SMILES string of the molecule is Clc1cc(Br)cc(C(Br)c2csc3c(Br)cccc23)c1. The molecule has 0 N–H and O–H groups in total. The molecule has 2 aromatic carbocycles. The molecule has 3 rings (SSSR count). The molecule has 3 aromatic rings. The van der Waals surface area contributed by atoms with E-state index in [0.717, 1.165) is 19.5 Å². The van der Waals surface area contributed by atoms with Crippen LogP contribution in [0.1, 0.15) is 16.0 Å². The third-order valence-electron chi connectivity index (χ3n) is 3.03. The second-order valence-corrected chi connectivity index (χ2v) is 8.37. The largest absolute Gasteiger partial charge is 0.142 e. The summed E-state index contributed by atoms with van der Waals surface area (Å²) in [6.07, 6.45) is 0. The summed E-state index contributed by atoms with van der Waals surface area (Å²) in [5.41, 5.74) is 2.41. The van der Waals surface area contributed by atoms with Gasteiger partial charge in [0.15, 0.2) is 0 Å². The fraction of sp³-hybridized carbons (Fsp3) is 0.0667. The van der Waals surface area contributed by atoms with Crippen LogP contribution in [0.4, 0.5) is 0 Å². The Balaban J connectivity index is 2.13. The number of hydrogen-bond acceptors (Lipinski definition) is 1. The zero-order valence-electron chi connectivity index (χ0n) is 10.0. The molecule has 102 valence electrons. The van der Waals surface area contributed by atoms with Crippen LogP contribution < -0.4 is 0 Å². The van der Waals surface area contributed by atoms with Crippen LogP contribution in [-0.4, -0.2) is 0 Å². The van der Waals surface area contributed by atoms with Crippen LogP contribution in [0.25, 0.3) is 10.1 Å². The van der Waals surface area contributed by atoms with Crippen LogP contribution in [0.3, 0.4) is 0 Å². The first-order chi connectivity index (χ1) is 9.56. The monoisotopic (exact) mass is 492 g/mol. The Morgan fingerprint density at radius 3 is 2.65 bits per heavy atom. The zero-order chi connectivity index (χ0) is 14.3. The van der Waals surface area contributed by atoms with E-state index in [9.17, 15) is 0 Å². The van der Waals surface area contributed by atoms with E-state index in [-0.39, 0.29) is 4.83 Å². The van der Waals surface area contributed by atoms with E-state index in [4.69, 9.17) is 11.6 Å². The minimum absolute atomic E-state index is 0.126. The Hall–Kier alpha value is 0.130. The van der Waals surface area contributed by atoms with Crippen LogP contribution in [0, 0.1) is 0 Å². The maximum Gasteiger partial charge on any atom is 0.0659 e. The summed E-state index contributed by atoms with van der Waals surface area (Å²) in [5, 5.41) is 4.20. The van der Waals surface area contributed by atoms with Crippen LogP contribution in [0.2, 0.25) is 5.02 Å². The maximum absolute atomic E-state index is 6.14. The van der Waals surface area contributed by atoms with Crippen molar-refractivity contribution in [3.63, 3.8) is 0 Å². The van der Waals surface area contributed by atoms with Gasteiger partial charge < -0.3 is 0 Å². The van der Waals surface area contributed by atoms with E-state index >= 15 is 0 Å². The van der Waals surface area contributed by atoms with Crippen LogP contribution in [-0.2, 0) is 0 Å². The highest BCUT2D eigenvalue weighted by Gasteiger charge is 2.17. The number of halogens is 4. The summed E-state index contributed by atoms with van der Waals surface area (Å²) in [5.74, 6) is 0. The average molecular weight is 495 g/mol. The lowest BCUT2D eigenvalue weighted by Crippen LogP contribution is -1.91. The molecule has 0 bridgehead atoms. The normalized spacial score (nSPS) is 12.8. The summed E-state index contributed by atoms with van der Waals surface area (Å²) in [4.78, 5) is 0.126. The van der Waals surface area contributed by atoms with E-state index < -0.39 is 0 Å². The molecule has 0 fully saturated rings. The van der Waals surface area contributed by atoms with E-state index in [1.807, 2.05) is 12.1 Å². The van der Waals surface area contributed by atoms with Crippen molar-refractivity contribution < 1.29 is 0 Å². The van der Waals surface area contributed by atoms with Gasteiger partial charge in [0.25, 0.3) is 0 Å². The Bertz CT molecular complexity index is 762. The number of thiophene rings is 1. The van der Waals surface area contributed by atoms with Crippen LogP contribution in [0.15, 0.2) is 50.7 Å². The summed E-state index contributed by atoms with van der Waals surface area (Å²) in [7, 11) is 0.